The lowest BCUT2D eigenvalue weighted by Gasteiger charge is -2.31. The first-order valence-corrected chi connectivity index (χ1v) is 11.4. The summed E-state index contributed by atoms with van der Waals surface area (Å²) in [5.41, 5.74) is 0.680. The molecule has 1 heterocycles. The molecule has 0 saturated carbocycles. The molecule has 0 bridgehead atoms. The maximum Gasteiger partial charge on any atom is 0.243 e. The van der Waals surface area contributed by atoms with Crippen molar-refractivity contribution in [1.82, 2.24) is 4.31 Å². The molecule has 0 aliphatic carbocycles. The summed E-state index contributed by atoms with van der Waals surface area (Å²) >= 11 is 3.41. The van der Waals surface area contributed by atoms with Crippen LogP contribution in [0.4, 0.5) is 5.69 Å². The fourth-order valence-electron chi connectivity index (χ4n) is 3.20. The van der Waals surface area contributed by atoms with Crippen molar-refractivity contribution in [3.05, 3.63) is 53.0 Å². The SMILES string of the molecule is CCOc1ccc(S(=O)(=O)N2CCC[C@H](C(=O)Nc3ccccc3Br)C2)cc1. The highest BCUT2D eigenvalue weighted by atomic mass is 79.9. The molecule has 1 atom stereocenters. The van der Waals surface area contributed by atoms with Gasteiger partial charge >= 0.3 is 0 Å². The van der Waals surface area contributed by atoms with Gasteiger partial charge in [-0.1, -0.05) is 12.1 Å². The van der Waals surface area contributed by atoms with Gasteiger partial charge in [-0.05, 0) is 72.1 Å². The third kappa shape index (κ3) is 4.74. The van der Waals surface area contributed by atoms with Crippen molar-refractivity contribution in [2.24, 2.45) is 5.92 Å². The summed E-state index contributed by atoms with van der Waals surface area (Å²) < 4.78 is 33.5. The molecule has 6 nitrogen and oxygen atoms in total. The van der Waals surface area contributed by atoms with Gasteiger partial charge in [0, 0.05) is 17.6 Å². The molecule has 8 heteroatoms. The molecule has 150 valence electrons. The summed E-state index contributed by atoms with van der Waals surface area (Å²) in [5.74, 6) is 0.0719. The van der Waals surface area contributed by atoms with E-state index in [1.54, 1.807) is 30.3 Å². The fourth-order valence-corrected chi connectivity index (χ4v) is 5.10. The van der Waals surface area contributed by atoms with Crippen LogP contribution in [0.1, 0.15) is 19.8 Å². The Morgan fingerprint density at radius 3 is 2.61 bits per heavy atom. The van der Waals surface area contributed by atoms with E-state index in [4.69, 9.17) is 4.74 Å². The topological polar surface area (TPSA) is 75.7 Å². The number of piperidine rings is 1. The minimum absolute atomic E-state index is 0.168. The number of amides is 1. The van der Waals surface area contributed by atoms with Crippen molar-refractivity contribution in [2.75, 3.05) is 25.0 Å². The number of ether oxygens (including phenoxy) is 1. The van der Waals surface area contributed by atoms with Crippen molar-refractivity contribution >= 4 is 37.5 Å². The van der Waals surface area contributed by atoms with Crippen LogP contribution >= 0.6 is 15.9 Å². The van der Waals surface area contributed by atoms with Crippen LogP contribution in [-0.4, -0.2) is 38.3 Å². The second-order valence-corrected chi connectivity index (χ2v) is 9.37. The summed E-state index contributed by atoms with van der Waals surface area (Å²) in [7, 11) is -3.65. The lowest BCUT2D eigenvalue weighted by atomic mass is 9.99. The summed E-state index contributed by atoms with van der Waals surface area (Å²) in [6.07, 6.45) is 1.30. The van der Waals surface area contributed by atoms with Gasteiger partial charge < -0.3 is 10.1 Å². The number of para-hydroxylation sites is 1. The van der Waals surface area contributed by atoms with Crippen LogP contribution in [0.25, 0.3) is 0 Å². The molecule has 1 amide bonds. The second-order valence-electron chi connectivity index (χ2n) is 6.58. The molecule has 0 aromatic heterocycles. The number of carbonyl (C=O) groups excluding carboxylic acids is 1. The van der Waals surface area contributed by atoms with Gasteiger partial charge in [0.25, 0.3) is 0 Å². The molecule has 1 aliphatic heterocycles. The lowest BCUT2D eigenvalue weighted by Crippen LogP contribution is -2.43. The van der Waals surface area contributed by atoms with Crippen LogP contribution in [0.15, 0.2) is 57.9 Å². The Balaban J connectivity index is 1.71. The molecule has 3 rings (SSSR count). The summed E-state index contributed by atoms with van der Waals surface area (Å²) in [4.78, 5) is 12.9. The molecule has 1 N–H and O–H groups in total. The minimum Gasteiger partial charge on any atom is -0.494 e. The largest absolute Gasteiger partial charge is 0.494 e. The van der Waals surface area contributed by atoms with Crippen molar-refractivity contribution in [2.45, 2.75) is 24.7 Å². The molecule has 2 aromatic carbocycles. The maximum atomic E-state index is 13.0. The van der Waals surface area contributed by atoms with E-state index >= 15 is 0 Å². The zero-order chi connectivity index (χ0) is 20.1. The van der Waals surface area contributed by atoms with Crippen LogP contribution in [0, 0.1) is 5.92 Å². The molecule has 0 radical (unpaired) electrons. The molecule has 2 aromatic rings. The fraction of sp³-hybridized carbons (Fsp3) is 0.350. The number of halogens is 1. The van der Waals surface area contributed by atoms with Crippen LogP contribution < -0.4 is 10.1 Å². The highest BCUT2D eigenvalue weighted by Gasteiger charge is 2.33. The van der Waals surface area contributed by atoms with Crippen molar-refractivity contribution in [1.29, 1.82) is 0 Å². The Hall–Kier alpha value is -1.90. The molecule has 28 heavy (non-hydrogen) atoms. The number of anilines is 1. The molecule has 1 fully saturated rings. The monoisotopic (exact) mass is 466 g/mol. The van der Waals surface area contributed by atoms with Crippen molar-refractivity contribution in [3.63, 3.8) is 0 Å². The smallest absolute Gasteiger partial charge is 0.243 e. The highest BCUT2D eigenvalue weighted by Crippen LogP contribution is 2.27. The van der Waals surface area contributed by atoms with E-state index < -0.39 is 15.9 Å². The maximum absolute atomic E-state index is 13.0. The van der Waals surface area contributed by atoms with E-state index in [1.807, 2.05) is 25.1 Å². The Kier molecular flexibility index (Phi) is 6.74. The Labute approximate surface area is 174 Å². The first-order valence-electron chi connectivity index (χ1n) is 9.20. The number of hydrogen-bond donors (Lipinski definition) is 1. The third-order valence-electron chi connectivity index (χ3n) is 4.66. The molecule has 1 aliphatic rings. The standard InChI is InChI=1S/C20H23BrN2O4S/c1-2-27-16-9-11-17(12-10-16)28(25,26)23-13-5-6-15(14-23)20(24)22-19-8-4-3-7-18(19)21/h3-4,7-12,15H,2,5-6,13-14H2,1H3,(H,22,24)/t15-/m0/s1. The predicted octanol–water partition coefficient (Wildman–Crippen LogP) is 3.89. The molecular formula is C20H23BrN2O4S. The van der Waals surface area contributed by atoms with Crippen LogP contribution in [0.2, 0.25) is 0 Å². The van der Waals surface area contributed by atoms with Crippen LogP contribution in [0.3, 0.4) is 0 Å². The van der Waals surface area contributed by atoms with Gasteiger partial charge in [-0.3, -0.25) is 4.79 Å². The number of benzene rings is 2. The van der Waals surface area contributed by atoms with E-state index in [9.17, 15) is 13.2 Å². The number of sulfonamides is 1. The zero-order valence-corrected chi connectivity index (χ0v) is 18.0. The summed E-state index contributed by atoms with van der Waals surface area (Å²) in [6, 6.07) is 13.7. The van der Waals surface area contributed by atoms with Gasteiger partial charge in [0.1, 0.15) is 5.75 Å². The molecule has 0 unspecified atom stereocenters. The Bertz CT molecular complexity index is 931. The summed E-state index contributed by atoms with van der Waals surface area (Å²) in [6.45, 7) is 2.98. The van der Waals surface area contributed by atoms with E-state index in [0.717, 1.165) is 4.47 Å². The number of nitrogens with one attached hydrogen (secondary N) is 1. The Morgan fingerprint density at radius 1 is 1.21 bits per heavy atom. The van der Waals surface area contributed by atoms with Gasteiger partial charge in [-0.25, -0.2) is 8.42 Å². The van der Waals surface area contributed by atoms with E-state index in [2.05, 4.69) is 21.2 Å². The van der Waals surface area contributed by atoms with Gasteiger partial charge in [0.15, 0.2) is 0 Å². The van der Waals surface area contributed by atoms with E-state index in [0.29, 0.717) is 37.4 Å². The van der Waals surface area contributed by atoms with Gasteiger partial charge in [0.05, 0.1) is 23.1 Å². The predicted molar refractivity (Wildman–Crippen MR) is 112 cm³/mol. The van der Waals surface area contributed by atoms with E-state index in [1.165, 1.54) is 4.31 Å². The number of hydrogen-bond acceptors (Lipinski definition) is 4. The average Bonchev–Trinajstić information content (AvgIpc) is 2.70. The average molecular weight is 467 g/mol. The molecule has 0 spiro atoms. The van der Waals surface area contributed by atoms with Crippen molar-refractivity contribution < 1.29 is 17.9 Å². The van der Waals surface area contributed by atoms with Crippen LogP contribution in [0.5, 0.6) is 5.75 Å². The van der Waals surface area contributed by atoms with Gasteiger partial charge in [-0.2, -0.15) is 4.31 Å². The summed E-state index contributed by atoms with van der Waals surface area (Å²) in [5, 5.41) is 2.89. The quantitative estimate of drug-likeness (QED) is 0.700. The first-order chi connectivity index (χ1) is 13.4. The number of nitrogens with zero attached hydrogens (tertiary/aromatic N) is 1. The van der Waals surface area contributed by atoms with Crippen LogP contribution in [-0.2, 0) is 14.8 Å². The first kappa shape index (κ1) is 20.8. The minimum atomic E-state index is -3.65. The van der Waals surface area contributed by atoms with Gasteiger partial charge in [-0.15, -0.1) is 0 Å². The third-order valence-corrected chi connectivity index (χ3v) is 7.23. The highest BCUT2D eigenvalue weighted by molar-refractivity contribution is 9.10. The normalized spacial score (nSPS) is 17.9. The lowest BCUT2D eigenvalue weighted by molar-refractivity contribution is -0.120. The van der Waals surface area contributed by atoms with E-state index in [-0.39, 0.29) is 17.3 Å². The molecular weight excluding hydrogens is 444 g/mol. The van der Waals surface area contributed by atoms with Gasteiger partial charge in [0.2, 0.25) is 15.9 Å². The molecule has 1 saturated heterocycles. The Morgan fingerprint density at radius 2 is 1.93 bits per heavy atom. The number of carbonyl (C=O) groups is 1. The number of rotatable bonds is 6. The zero-order valence-electron chi connectivity index (χ0n) is 15.6. The van der Waals surface area contributed by atoms with Crippen molar-refractivity contribution in [3.8, 4) is 5.75 Å². The second kappa shape index (κ2) is 9.07.